The maximum Gasteiger partial charge on any atom is 0.513 e. The number of benzene rings is 1. The van der Waals surface area contributed by atoms with E-state index in [-0.39, 0.29) is 0 Å². The van der Waals surface area contributed by atoms with Gasteiger partial charge in [-0.05, 0) is 50.0 Å². The fraction of sp³-hybridized carbons (Fsp3) is 0.500. The Balaban J connectivity index is 2.18. The molecule has 0 saturated heterocycles. The van der Waals surface area contributed by atoms with E-state index in [1.807, 2.05) is 18.3 Å². The summed E-state index contributed by atoms with van der Waals surface area (Å²) in [5, 5.41) is 0.964. The first kappa shape index (κ1) is 17.3. The average molecular weight is 318 g/mol. The number of hydrogen-bond donors (Lipinski definition) is 1. The summed E-state index contributed by atoms with van der Waals surface area (Å²) in [7, 11) is 1.31. The van der Waals surface area contributed by atoms with Crippen LogP contribution in [-0.4, -0.2) is 42.8 Å². The molecule has 1 heterocycles. The maximum absolute atomic E-state index is 11.4. The minimum atomic E-state index is -0.691. The summed E-state index contributed by atoms with van der Waals surface area (Å²) in [4.78, 5) is 17.2. The Morgan fingerprint density at radius 2 is 1.91 bits per heavy atom. The van der Waals surface area contributed by atoms with E-state index in [4.69, 9.17) is 4.74 Å². The zero-order chi connectivity index (χ0) is 16.7. The largest absolute Gasteiger partial charge is 0.513 e. The molecule has 2 rings (SSSR count). The summed E-state index contributed by atoms with van der Waals surface area (Å²) >= 11 is 0. The van der Waals surface area contributed by atoms with E-state index in [1.54, 1.807) is 6.07 Å². The number of rotatable bonds is 8. The highest BCUT2D eigenvalue weighted by atomic mass is 16.7. The second-order valence-corrected chi connectivity index (χ2v) is 5.64. The van der Waals surface area contributed by atoms with Gasteiger partial charge in [-0.1, -0.05) is 19.9 Å². The molecule has 0 aliphatic carbocycles. The van der Waals surface area contributed by atoms with Gasteiger partial charge in [-0.15, -0.1) is 0 Å². The number of H-pyrrole nitrogens is 1. The topological polar surface area (TPSA) is 54.6 Å². The molecular weight excluding hydrogens is 292 g/mol. The normalized spacial score (nSPS) is 11.1. The molecule has 0 spiro atoms. The highest BCUT2D eigenvalue weighted by molar-refractivity contribution is 5.90. The lowest BCUT2D eigenvalue weighted by atomic mass is 10.1. The first-order chi connectivity index (χ1) is 11.2. The summed E-state index contributed by atoms with van der Waals surface area (Å²) in [5.41, 5.74) is 2.13. The van der Waals surface area contributed by atoms with Crippen LogP contribution in [0.5, 0.6) is 5.75 Å². The molecule has 0 radical (unpaired) electrons. The van der Waals surface area contributed by atoms with Crippen molar-refractivity contribution in [2.45, 2.75) is 33.1 Å². The van der Waals surface area contributed by atoms with Crippen LogP contribution in [0.25, 0.3) is 10.9 Å². The van der Waals surface area contributed by atoms with E-state index in [9.17, 15) is 4.79 Å². The summed E-state index contributed by atoms with van der Waals surface area (Å²) in [5.74, 6) is 0.545. The Bertz CT molecular complexity index is 630. The van der Waals surface area contributed by atoms with E-state index in [1.165, 1.54) is 7.11 Å². The van der Waals surface area contributed by atoms with E-state index < -0.39 is 6.16 Å². The molecule has 5 heteroatoms. The quantitative estimate of drug-likeness (QED) is 0.591. The van der Waals surface area contributed by atoms with Crippen molar-refractivity contribution in [1.82, 2.24) is 9.88 Å². The number of nitrogens with one attached hydrogen (secondary N) is 1. The van der Waals surface area contributed by atoms with Gasteiger partial charge in [0, 0.05) is 23.6 Å². The Hall–Kier alpha value is -2.01. The molecule has 0 aliphatic rings. The molecular formula is C18H26N2O3. The molecule has 126 valence electrons. The van der Waals surface area contributed by atoms with Gasteiger partial charge >= 0.3 is 6.16 Å². The fourth-order valence-corrected chi connectivity index (χ4v) is 2.88. The number of carbonyl (C=O) groups excluding carboxylic acids is 1. The van der Waals surface area contributed by atoms with E-state index in [0.717, 1.165) is 55.4 Å². The summed E-state index contributed by atoms with van der Waals surface area (Å²) in [6.07, 6.45) is 4.55. The molecule has 1 aromatic carbocycles. The highest BCUT2D eigenvalue weighted by Gasteiger charge is 2.14. The van der Waals surface area contributed by atoms with E-state index in [2.05, 4.69) is 28.5 Å². The number of aromatic amines is 1. The Labute approximate surface area is 137 Å². The number of ether oxygens (including phenoxy) is 2. The second kappa shape index (κ2) is 8.58. The number of methoxy groups -OCH3 is 1. The fourth-order valence-electron chi connectivity index (χ4n) is 2.88. The van der Waals surface area contributed by atoms with Crippen LogP contribution in [0.1, 0.15) is 32.3 Å². The van der Waals surface area contributed by atoms with Crippen molar-refractivity contribution in [3.63, 3.8) is 0 Å². The molecule has 0 bridgehead atoms. The SMILES string of the molecule is CCCN(CCC)CCc1c[nH]c2cccc(OC(=O)OC)c12. The van der Waals surface area contributed by atoms with Gasteiger partial charge in [0.15, 0.2) is 0 Å². The van der Waals surface area contributed by atoms with Crippen molar-refractivity contribution < 1.29 is 14.3 Å². The van der Waals surface area contributed by atoms with Gasteiger partial charge in [0.1, 0.15) is 5.75 Å². The third-order valence-corrected chi connectivity index (χ3v) is 3.89. The van der Waals surface area contributed by atoms with E-state index >= 15 is 0 Å². The molecule has 0 fully saturated rings. The third-order valence-electron chi connectivity index (χ3n) is 3.89. The van der Waals surface area contributed by atoms with Crippen LogP contribution in [0, 0.1) is 0 Å². The molecule has 23 heavy (non-hydrogen) atoms. The minimum Gasteiger partial charge on any atom is -0.437 e. The Morgan fingerprint density at radius 1 is 1.17 bits per heavy atom. The van der Waals surface area contributed by atoms with Gasteiger partial charge < -0.3 is 19.4 Å². The third kappa shape index (κ3) is 4.48. The molecule has 0 aliphatic heterocycles. The Morgan fingerprint density at radius 3 is 2.57 bits per heavy atom. The predicted molar refractivity (Wildman–Crippen MR) is 92.1 cm³/mol. The van der Waals surface area contributed by atoms with Gasteiger partial charge in [0.25, 0.3) is 0 Å². The van der Waals surface area contributed by atoms with Gasteiger partial charge in [-0.3, -0.25) is 0 Å². The van der Waals surface area contributed by atoms with Gasteiger partial charge in [-0.2, -0.15) is 0 Å². The first-order valence-corrected chi connectivity index (χ1v) is 8.26. The lowest BCUT2D eigenvalue weighted by Crippen LogP contribution is -2.27. The molecule has 0 saturated carbocycles. The predicted octanol–water partition coefficient (Wildman–Crippen LogP) is 3.98. The van der Waals surface area contributed by atoms with Crippen LogP contribution in [0.15, 0.2) is 24.4 Å². The second-order valence-electron chi connectivity index (χ2n) is 5.64. The number of fused-ring (bicyclic) bond motifs is 1. The zero-order valence-electron chi connectivity index (χ0n) is 14.2. The standard InChI is InChI=1S/C18H26N2O3/c1-4-10-20(11-5-2)12-9-14-13-19-15-7-6-8-16(17(14)15)23-18(21)22-3/h6-8,13,19H,4-5,9-12H2,1-3H3. The number of carbonyl (C=O) groups is 1. The van der Waals surface area contributed by atoms with Gasteiger partial charge in [-0.25, -0.2) is 4.79 Å². The summed E-state index contributed by atoms with van der Waals surface area (Å²) in [6.45, 7) is 7.64. The first-order valence-electron chi connectivity index (χ1n) is 8.26. The van der Waals surface area contributed by atoms with Crippen molar-refractivity contribution in [2.24, 2.45) is 0 Å². The Kier molecular flexibility index (Phi) is 6.47. The molecule has 0 atom stereocenters. The maximum atomic E-state index is 11.4. The van der Waals surface area contributed by atoms with E-state index in [0.29, 0.717) is 5.75 Å². The van der Waals surface area contributed by atoms with Crippen molar-refractivity contribution in [3.05, 3.63) is 30.0 Å². The summed E-state index contributed by atoms with van der Waals surface area (Å²) in [6, 6.07) is 5.65. The minimum absolute atomic E-state index is 0.545. The molecule has 0 unspecified atom stereocenters. The van der Waals surface area contributed by atoms with Crippen molar-refractivity contribution in [2.75, 3.05) is 26.7 Å². The molecule has 1 aromatic heterocycles. The molecule has 2 aromatic rings. The van der Waals surface area contributed by atoms with Crippen molar-refractivity contribution >= 4 is 17.1 Å². The van der Waals surface area contributed by atoms with Crippen LogP contribution >= 0.6 is 0 Å². The number of nitrogens with zero attached hydrogens (tertiary/aromatic N) is 1. The smallest absolute Gasteiger partial charge is 0.437 e. The average Bonchev–Trinajstić information content (AvgIpc) is 2.97. The lowest BCUT2D eigenvalue weighted by Gasteiger charge is -2.20. The molecule has 1 N–H and O–H groups in total. The highest BCUT2D eigenvalue weighted by Crippen LogP contribution is 2.29. The van der Waals surface area contributed by atoms with Crippen molar-refractivity contribution in [1.29, 1.82) is 0 Å². The van der Waals surface area contributed by atoms with Crippen molar-refractivity contribution in [3.8, 4) is 5.75 Å². The summed E-state index contributed by atoms with van der Waals surface area (Å²) < 4.78 is 9.88. The zero-order valence-corrected chi connectivity index (χ0v) is 14.2. The molecule has 5 nitrogen and oxygen atoms in total. The van der Waals surface area contributed by atoms with Gasteiger partial charge in [0.2, 0.25) is 0 Å². The van der Waals surface area contributed by atoms with Crippen LogP contribution in [0.4, 0.5) is 4.79 Å². The molecule has 0 amide bonds. The van der Waals surface area contributed by atoms with Gasteiger partial charge in [0.05, 0.1) is 7.11 Å². The number of hydrogen-bond acceptors (Lipinski definition) is 4. The van der Waals surface area contributed by atoms with Crippen LogP contribution < -0.4 is 4.74 Å². The van der Waals surface area contributed by atoms with Crippen LogP contribution in [0.2, 0.25) is 0 Å². The lowest BCUT2D eigenvalue weighted by molar-refractivity contribution is 0.122. The van der Waals surface area contributed by atoms with Crippen LogP contribution in [-0.2, 0) is 11.2 Å². The van der Waals surface area contributed by atoms with Crippen LogP contribution in [0.3, 0.4) is 0 Å². The monoisotopic (exact) mass is 318 g/mol. The number of aromatic nitrogens is 1.